The molecule has 3 rings (SSSR count). The van der Waals surface area contributed by atoms with E-state index in [1.165, 1.54) is 23.5 Å². The molecule has 0 spiro atoms. The van der Waals surface area contributed by atoms with E-state index in [0.717, 1.165) is 33.6 Å². The SMILES string of the molecule is Cc1c(C)c(N2C(=S)SC(C)C2(C)O)c(C)c(N2C(=S)SC(C)C2(C)O)c1C. The van der Waals surface area contributed by atoms with Gasteiger partial charge >= 0.3 is 0 Å². The van der Waals surface area contributed by atoms with Crippen molar-refractivity contribution < 1.29 is 10.2 Å². The van der Waals surface area contributed by atoms with Gasteiger partial charge < -0.3 is 10.2 Å². The lowest BCUT2D eigenvalue weighted by atomic mass is 9.92. The lowest BCUT2D eigenvalue weighted by Crippen LogP contribution is -2.50. The normalized spacial score (nSPS) is 33.4. The molecule has 8 heteroatoms. The fourth-order valence-electron chi connectivity index (χ4n) is 3.98. The van der Waals surface area contributed by atoms with Gasteiger partial charge in [0.2, 0.25) is 0 Å². The molecule has 4 nitrogen and oxygen atoms in total. The van der Waals surface area contributed by atoms with Gasteiger partial charge in [-0.1, -0.05) is 48.0 Å². The van der Waals surface area contributed by atoms with Crippen molar-refractivity contribution in [1.82, 2.24) is 0 Å². The van der Waals surface area contributed by atoms with Crippen molar-refractivity contribution in [3.63, 3.8) is 0 Å². The predicted octanol–water partition coefficient (Wildman–Crippen LogP) is 4.79. The summed E-state index contributed by atoms with van der Waals surface area (Å²) in [5.74, 6) is 0. The van der Waals surface area contributed by atoms with Crippen LogP contribution in [0.15, 0.2) is 0 Å². The Hall–Kier alpha value is -0.380. The molecule has 4 unspecified atom stereocenters. The number of thioether (sulfide) groups is 2. The van der Waals surface area contributed by atoms with Crippen LogP contribution >= 0.6 is 48.0 Å². The maximum absolute atomic E-state index is 11.2. The molecule has 2 saturated heterocycles. The lowest BCUT2D eigenvalue weighted by molar-refractivity contribution is 0.0758. The van der Waals surface area contributed by atoms with Gasteiger partial charge in [0.1, 0.15) is 8.64 Å². The minimum atomic E-state index is -1.09. The summed E-state index contributed by atoms with van der Waals surface area (Å²) in [6, 6.07) is 0. The van der Waals surface area contributed by atoms with Crippen LogP contribution in [0, 0.1) is 27.7 Å². The number of anilines is 2. The highest BCUT2D eigenvalue weighted by molar-refractivity contribution is 8.24. The minimum Gasteiger partial charge on any atom is -0.370 e. The first-order valence-corrected chi connectivity index (χ1v) is 11.9. The van der Waals surface area contributed by atoms with E-state index in [-0.39, 0.29) is 10.5 Å². The quantitative estimate of drug-likeness (QED) is 0.616. The van der Waals surface area contributed by atoms with E-state index in [2.05, 4.69) is 20.8 Å². The summed E-state index contributed by atoms with van der Waals surface area (Å²) in [6.07, 6.45) is 0. The Morgan fingerprint density at radius 1 is 0.714 bits per heavy atom. The van der Waals surface area contributed by atoms with E-state index in [1.807, 2.05) is 44.4 Å². The minimum absolute atomic E-state index is 0.0459. The number of benzene rings is 1. The largest absolute Gasteiger partial charge is 0.370 e. The molecule has 0 bridgehead atoms. The van der Waals surface area contributed by atoms with Gasteiger partial charge in [-0.15, -0.1) is 0 Å². The van der Waals surface area contributed by atoms with Gasteiger partial charge in [-0.2, -0.15) is 0 Å². The van der Waals surface area contributed by atoms with Crippen LogP contribution in [0.3, 0.4) is 0 Å². The van der Waals surface area contributed by atoms with Crippen LogP contribution in [0.4, 0.5) is 11.4 Å². The third kappa shape index (κ3) is 3.03. The second kappa shape index (κ2) is 7.10. The Balaban J connectivity index is 2.32. The molecule has 2 N–H and O–H groups in total. The summed E-state index contributed by atoms with van der Waals surface area (Å²) < 4.78 is 1.33. The Labute approximate surface area is 187 Å². The van der Waals surface area contributed by atoms with Crippen LogP contribution in [-0.4, -0.2) is 40.8 Å². The van der Waals surface area contributed by atoms with E-state index in [4.69, 9.17) is 24.4 Å². The second-order valence-corrected chi connectivity index (χ2v) is 12.1. The molecule has 1 aromatic rings. The highest BCUT2D eigenvalue weighted by atomic mass is 32.2. The summed E-state index contributed by atoms with van der Waals surface area (Å²) in [5, 5.41) is 22.4. The average molecular weight is 457 g/mol. The fraction of sp³-hybridized carbons (Fsp3) is 0.600. The van der Waals surface area contributed by atoms with Gasteiger partial charge in [0.25, 0.3) is 0 Å². The maximum atomic E-state index is 11.2. The van der Waals surface area contributed by atoms with Crippen LogP contribution in [0.2, 0.25) is 0 Å². The number of hydrogen-bond donors (Lipinski definition) is 2. The molecule has 0 saturated carbocycles. The van der Waals surface area contributed by atoms with Crippen LogP contribution in [-0.2, 0) is 0 Å². The first-order chi connectivity index (χ1) is 12.7. The van der Waals surface area contributed by atoms with Gasteiger partial charge in [0, 0.05) is 0 Å². The maximum Gasteiger partial charge on any atom is 0.152 e. The van der Waals surface area contributed by atoms with Gasteiger partial charge in [-0.05, 0) is 77.6 Å². The van der Waals surface area contributed by atoms with Crippen molar-refractivity contribution in [2.45, 2.75) is 77.3 Å². The molecule has 2 aliphatic rings. The Kier molecular flexibility index (Phi) is 5.65. The smallest absolute Gasteiger partial charge is 0.152 e. The molecule has 0 amide bonds. The van der Waals surface area contributed by atoms with Crippen molar-refractivity contribution in [3.8, 4) is 0 Å². The molecular weight excluding hydrogens is 429 g/mol. The zero-order chi connectivity index (χ0) is 21.3. The second-order valence-electron chi connectivity index (χ2n) is 8.11. The number of nitrogens with zero attached hydrogens (tertiary/aromatic N) is 2. The Bertz CT molecular complexity index is 814. The van der Waals surface area contributed by atoms with Gasteiger partial charge in [0.05, 0.1) is 21.9 Å². The molecule has 154 valence electrons. The summed E-state index contributed by atoms with van der Waals surface area (Å²) in [7, 11) is 0. The molecule has 0 aliphatic carbocycles. The third-order valence-corrected chi connectivity index (χ3v) is 9.67. The van der Waals surface area contributed by atoms with Crippen molar-refractivity contribution in [1.29, 1.82) is 0 Å². The summed E-state index contributed by atoms with van der Waals surface area (Å²) >= 11 is 14.3. The fourth-order valence-corrected chi connectivity index (χ4v) is 7.43. The summed E-state index contributed by atoms with van der Waals surface area (Å²) in [4.78, 5) is 3.76. The van der Waals surface area contributed by atoms with Crippen LogP contribution < -0.4 is 9.80 Å². The molecule has 4 atom stereocenters. The molecule has 1 aromatic carbocycles. The van der Waals surface area contributed by atoms with Crippen molar-refractivity contribution >= 4 is 68.0 Å². The third-order valence-electron chi connectivity index (χ3n) is 6.36. The average Bonchev–Trinajstić information content (AvgIpc) is 2.90. The Morgan fingerprint density at radius 3 is 1.29 bits per heavy atom. The number of hydrogen-bond acceptors (Lipinski definition) is 6. The number of rotatable bonds is 2. The molecule has 0 aromatic heterocycles. The first kappa shape index (κ1) is 22.3. The Morgan fingerprint density at radius 2 is 1.04 bits per heavy atom. The molecule has 2 aliphatic heterocycles. The zero-order valence-corrected chi connectivity index (χ0v) is 20.8. The van der Waals surface area contributed by atoms with Crippen molar-refractivity contribution in [2.24, 2.45) is 0 Å². The van der Waals surface area contributed by atoms with E-state index in [9.17, 15) is 10.2 Å². The summed E-state index contributed by atoms with van der Waals surface area (Å²) in [5.41, 5.74) is 3.89. The standard InChI is InChI=1S/C20H28N2O2S4/c1-9-10(2)15(21-17(25)27-13(5)19(21,7)23)12(4)16(11(9)3)22-18(26)28-14(6)20(22,8)24/h13-14,23-24H,1-8H3. The van der Waals surface area contributed by atoms with Crippen molar-refractivity contribution in [3.05, 3.63) is 22.3 Å². The van der Waals surface area contributed by atoms with E-state index in [1.54, 1.807) is 0 Å². The number of aliphatic hydroxyl groups is 2. The highest BCUT2D eigenvalue weighted by Gasteiger charge is 2.49. The highest BCUT2D eigenvalue weighted by Crippen LogP contribution is 2.50. The first-order valence-electron chi connectivity index (χ1n) is 9.31. The molecule has 2 heterocycles. The molecular formula is C20H28N2O2S4. The zero-order valence-electron chi connectivity index (χ0n) is 17.6. The van der Waals surface area contributed by atoms with E-state index >= 15 is 0 Å². The lowest BCUT2D eigenvalue weighted by Gasteiger charge is -2.40. The van der Waals surface area contributed by atoms with Gasteiger partial charge in [-0.3, -0.25) is 9.80 Å². The van der Waals surface area contributed by atoms with Gasteiger partial charge in [0.15, 0.2) is 11.4 Å². The summed E-state index contributed by atoms with van der Waals surface area (Å²) in [6.45, 7) is 15.8. The number of thiocarbonyl (C=S) groups is 2. The molecule has 0 radical (unpaired) electrons. The van der Waals surface area contributed by atoms with Crippen LogP contribution in [0.25, 0.3) is 0 Å². The van der Waals surface area contributed by atoms with Crippen molar-refractivity contribution in [2.75, 3.05) is 9.80 Å². The van der Waals surface area contributed by atoms with Crippen LogP contribution in [0.1, 0.15) is 49.9 Å². The van der Waals surface area contributed by atoms with E-state index < -0.39 is 11.4 Å². The molecule has 28 heavy (non-hydrogen) atoms. The van der Waals surface area contributed by atoms with Gasteiger partial charge in [-0.25, -0.2) is 0 Å². The van der Waals surface area contributed by atoms with E-state index in [0.29, 0.717) is 8.64 Å². The monoisotopic (exact) mass is 456 g/mol. The predicted molar refractivity (Wildman–Crippen MR) is 131 cm³/mol. The topological polar surface area (TPSA) is 46.9 Å². The van der Waals surface area contributed by atoms with Crippen LogP contribution in [0.5, 0.6) is 0 Å². The molecule has 2 fully saturated rings.